The standard InChI is InChI=1S/C29H32ClN3O2/c1-21-26(29(35)32-18-16-31(17-19-32)28(34)23-8-4-2-5-9-23)20-27(22-12-14-24(30)15-13-22)33(21)25-10-6-3-7-11-25/h3,6-7,10-15,20,23H,2,4-5,8-9,16-19H2,1H3. The largest absolute Gasteiger partial charge is 0.339 e. The summed E-state index contributed by atoms with van der Waals surface area (Å²) >= 11 is 6.13. The smallest absolute Gasteiger partial charge is 0.255 e. The molecule has 2 fully saturated rings. The highest BCUT2D eigenvalue weighted by Gasteiger charge is 2.31. The van der Waals surface area contributed by atoms with Gasteiger partial charge in [0.25, 0.3) is 5.91 Å². The van der Waals surface area contributed by atoms with Gasteiger partial charge in [0, 0.05) is 48.5 Å². The molecule has 0 bridgehead atoms. The van der Waals surface area contributed by atoms with Gasteiger partial charge in [-0.1, -0.05) is 61.2 Å². The Kier molecular flexibility index (Phi) is 6.96. The van der Waals surface area contributed by atoms with Crippen molar-refractivity contribution in [3.05, 3.63) is 76.9 Å². The molecule has 2 aromatic carbocycles. The van der Waals surface area contributed by atoms with Crippen LogP contribution in [0, 0.1) is 12.8 Å². The Bertz CT molecular complexity index is 1190. The number of piperazine rings is 1. The first-order valence-corrected chi connectivity index (χ1v) is 13.0. The molecule has 2 amide bonds. The van der Waals surface area contributed by atoms with Crippen LogP contribution in [0.4, 0.5) is 0 Å². The maximum absolute atomic E-state index is 13.7. The van der Waals surface area contributed by atoms with Gasteiger partial charge in [0.1, 0.15) is 0 Å². The number of hydrogen-bond donors (Lipinski definition) is 0. The zero-order valence-electron chi connectivity index (χ0n) is 20.3. The van der Waals surface area contributed by atoms with E-state index in [9.17, 15) is 9.59 Å². The van der Waals surface area contributed by atoms with Crippen LogP contribution in [-0.2, 0) is 4.79 Å². The van der Waals surface area contributed by atoms with E-state index >= 15 is 0 Å². The van der Waals surface area contributed by atoms with E-state index in [0.717, 1.165) is 48.3 Å². The van der Waals surface area contributed by atoms with Crippen LogP contribution in [0.3, 0.4) is 0 Å². The first kappa shape index (κ1) is 23.7. The molecule has 1 aliphatic heterocycles. The molecule has 0 radical (unpaired) electrons. The first-order chi connectivity index (χ1) is 17.0. The van der Waals surface area contributed by atoms with E-state index in [0.29, 0.717) is 36.8 Å². The fraction of sp³-hybridized carbons (Fsp3) is 0.379. The molecule has 2 aliphatic rings. The number of carbonyl (C=O) groups is 2. The van der Waals surface area contributed by atoms with Gasteiger partial charge in [-0.25, -0.2) is 0 Å². The summed E-state index contributed by atoms with van der Waals surface area (Å²) < 4.78 is 2.14. The minimum atomic E-state index is 0.0251. The fourth-order valence-electron chi connectivity index (χ4n) is 5.47. The molecule has 182 valence electrons. The molecule has 0 atom stereocenters. The summed E-state index contributed by atoms with van der Waals surface area (Å²) in [6, 6.07) is 19.8. The molecule has 1 saturated heterocycles. The molecular formula is C29H32ClN3O2. The number of rotatable bonds is 4. The molecule has 6 heteroatoms. The number of benzene rings is 2. The van der Waals surface area contributed by atoms with Crippen LogP contribution < -0.4 is 0 Å². The van der Waals surface area contributed by atoms with Crippen molar-refractivity contribution in [3.63, 3.8) is 0 Å². The lowest BCUT2D eigenvalue weighted by atomic mass is 9.88. The van der Waals surface area contributed by atoms with Gasteiger partial charge in [0.05, 0.1) is 11.3 Å². The van der Waals surface area contributed by atoms with Crippen molar-refractivity contribution in [2.24, 2.45) is 5.92 Å². The van der Waals surface area contributed by atoms with Crippen LogP contribution in [-0.4, -0.2) is 52.4 Å². The number of aromatic nitrogens is 1. The summed E-state index contributed by atoms with van der Waals surface area (Å²) in [4.78, 5) is 30.5. The Balaban J connectivity index is 1.38. The fourth-order valence-corrected chi connectivity index (χ4v) is 5.60. The number of amides is 2. The summed E-state index contributed by atoms with van der Waals surface area (Å²) in [5.74, 6) is 0.487. The predicted molar refractivity (Wildman–Crippen MR) is 140 cm³/mol. The second kappa shape index (κ2) is 10.3. The van der Waals surface area contributed by atoms with E-state index in [1.54, 1.807) is 0 Å². The van der Waals surface area contributed by atoms with Gasteiger partial charge >= 0.3 is 0 Å². The highest BCUT2D eigenvalue weighted by Crippen LogP contribution is 2.31. The van der Waals surface area contributed by atoms with Crippen molar-refractivity contribution in [1.82, 2.24) is 14.4 Å². The average Bonchev–Trinajstić information content (AvgIpc) is 3.26. The second-order valence-electron chi connectivity index (χ2n) is 9.66. The van der Waals surface area contributed by atoms with Crippen molar-refractivity contribution in [2.75, 3.05) is 26.2 Å². The van der Waals surface area contributed by atoms with E-state index in [1.165, 1.54) is 6.42 Å². The molecule has 35 heavy (non-hydrogen) atoms. The van der Waals surface area contributed by atoms with Crippen molar-refractivity contribution in [3.8, 4) is 16.9 Å². The Morgan fingerprint density at radius 1 is 0.829 bits per heavy atom. The topological polar surface area (TPSA) is 45.6 Å². The summed E-state index contributed by atoms with van der Waals surface area (Å²) in [6.07, 6.45) is 5.58. The quantitative estimate of drug-likeness (QED) is 0.453. The van der Waals surface area contributed by atoms with Crippen LogP contribution in [0.25, 0.3) is 16.9 Å². The minimum absolute atomic E-state index is 0.0251. The Hall–Kier alpha value is -3.05. The molecule has 1 aliphatic carbocycles. The Morgan fingerprint density at radius 3 is 2.11 bits per heavy atom. The first-order valence-electron chi connectivity index (χ1n) is 12.6. The zero-order valence-corrected chi connectivity index (χ0v) is 21.0. The van der Waals surface area contributed by atoms with E-state index in [1.807, 2.05) is 65.3 Å². The lowest BCUT2D eigenvalue weighted by Gasteiger charge is -2.37. The number of nitrogens with zero attached hydrogens (tertiary/aromatic N) is 3. The van der Waals surface area contributed by atoms with Crippen LogP contribution in [0.5, 0.6) is 0 Å². The van der Waals surface area contributed by atoms with E-state index in [2.05, 4.69) is 16.7 Å². The van der Waals surface area contributed by atoms with E-state index in [-0.39, 0.29) is 17.7 Å². The van der Waals surface area contributed by atoms with Crippen LogP contribution in [0.1, 0.15) is 48.2 Å². The van der Waals surface area contributed by atoms with Gasteiger partial charge in [-0.3, -0.25) is 9.59 Å². The number of para-hydroxylation sites is 1. The van der Waals surface area contributed by atoms with Crippen LogP contribution in [0.15, 0.2) is 60.7 Å². The maximum Gasteiger partial charge on any atom is 0.255 e. The molecule has 1 aromatic heterocycles. The van der Waals surface area contributed by atoms with Crippen LogP contribution >= 0.6 is 11.6 Å². The van der Waals surface area contributed by atoms with Crippen molar-refractivity contribution in [2.45, 2.75) is 39.0 Å². The van der Waals surface area contributed by atoms with Crippen LogP contribution in [0.2, 0.25) is 5.02 Å². The second-order valence-corrected chi connectivity index (χ2v) is 10.1. The highest BCUT2D eigenvalue weighted by atomic mass is 35.5. The van der Waals surface area contributed by atoms with E-state index in [4.69, 9.17) is 11.6 Å². The molecule has 2 heterocycles. The molecule has 1 saturated carbocycles. The third kappa shape index (κ3) is 4.87. The van der Waals surface area contributed by atoms with Gasteiger partial charge in [-0.15, -0.1) is 0 Å². The molecule has 3 aromatic rings. The van der Waals surface area contributed by atoms with Gasteiger partial charge in [-0.2, -0.15) is 0 Å². The Morgan fingerprint density at radius 2 is 1.46 bits per heavy atom. The normalized spacial score (nSPS) is 17.0. The molecule has 5 rings (SSSR count). The lowest BCUT2D eigenvalue weighted by Crippen LogP contribution is -2.52. The summed E-state index contributed by atoms with van der Waals surface area (Å²) in [7, 11) is 0. The van der Waals surface area contributed by atoms with E-state index < -0.39 is 0 Å². The predicted octanol–water partition coefficient (Wildman–Crippen LogP) is 5.97. The number of carbonyl (C=O) groups excluding carboxylic acids is 2. The average molecular weight is 490 g/mol. The molecule has 5 nitrogen and oxygen atoms in total. The summed E-state index contributed by atoms with van der Waals surface area (Å²) in [5, 5.41) is 0.681. The molecule has 0 N–H and O–H groups in total. The van der Waals surface area contributed by atoms with Gasteiger partial charge < -0.3 is 14.4 Å². The SMILES string of the molecule is Cc1c(C(=O)N2CCN(C(=O)C3CCCCC3)CC2)cc(-c2ccc(Cl)cc2)n1-c1ccccc1. The third-order valence-corrected chi connectivity index (χ3v) is 7.72. The van der Waals surface area contributed by atoms with Gasteiger partial charge in [-0.05, 0) is 55.7 Å². The van der Waals surface area contributed by atoms with Crippen molar-refractivity contribution < 1.29 is 9.59 Å². The van der Waals surface area contributed by atoms with Gasteiger partial charge in [0.15, 0.2) is 0 Å². The molecule has 0 spiro atoms. The summed E-state index contributed by atoms with van der Waals surface area (Å²) in [6.45, 7) is 4.38. The van der Waals surface area contributed by atoms with Crippen molar-refractivity contribution in [1.29, 1.82) is 0 Å². The minimum Gasteiger partial charge on any atom is -0.339 e. The maximum atomic E-state index is 13.7. The number of halogens is 1. The highest BCUT2D eigenvalue weighted by molar-refractivity contribution is 6.30. The lowest BCUT2D eigenvalue weighted by molar-refractivity contribution is -0.138. The summed E-state index contributed by atoms with van der Waals surface area (Å²) in [5.41, 5.74) is 4.58. The van der Waals surface area contributed by atoms with Gasteiger partial charge in [0.2, 0.25) is 5.91 Å². The molecular weight excluding hydrogens is 458 g/mol. The monoisotopic (exact) mass is 489 g/mol. The number of hydrogen-bond acceptors (Lipinski definition) is 2. The molecule has 0 unspecified atom stereocenters. The Labute approximate surface area is 212 Å². The zero-order chi connectivity index (χ0) is 24.4. The third-order valence-electron chi connectivity index (χ3n) is 7.46. The van der Waals surface area contributed by atoms with Crippen molar-refractivity contribution >= 4 is 23.4 Å².